The van der Waals surface area contributed by atoms with E-state index in [1.54, 1.807) is 23.9 Å². The minimum Gasteiger partial charge on any atom is -0.480 e. The summed E-state index contributed by atoms with van der Waals surface area (Å²) in [6, 6.07) is 6.55. The number of benzene rings is 1. The predicted molar refractivity (Wildman–Crippen MR) is 67.5 cm³/mol. The SMILES string of the molecule is CC(=O)Oc1ccc([C@H]2N[C@@H](C(=O)O)CS2)cc1. The van der Waals surface area contributed by atoms with Crippen LogP contribution in [0.15, 0.2) is 24.3 Å². The average molecular weight is 267 g/mol. The lowest BCUT2D eigenvalue weighted by atomic mass is 10.2. The molecule has 0 unspecified atom stereocenters. The molecule has 5 nitrogen and oxygen atoms in total. The third-order valence-corrected chi connectivity index (χ3v) is 3.79. The van der Waals surface area contributed by atoms with E-state index in [1.807, 2.05) is 12.1 Å². The smallest absolute Gasteiger partial charge is 0.321 e. The van der Waals surface area contributed by atoms with Crippen LogP contribution in [0.4, 0.5) is 0 Å². The molecule has 0 amide bonds. The van der Waals surface area contributed by atoms with E-state index >= 15 is 0 Å². The van der Waals surface area contributed by atoms with Gasteiger partial charge in [0.15, 0.2) is 0 Å². The van der Waals surface area contributed by atoms with Gasteiger partial charge < -0.3 is 9.84 Å². The maximum absolute atomic E-state index is 10.8. The van der Waals surface area contributed by atoms with Crippen molar-refractivity contribution < 1.29 is 19.4 Å². The lowest BCUT2D eigenvalue weighted by molar-refractivity contribution is -0.138. The number of esters is 1. The van der Waals surface area contributed by atoms with Gasteiger partial charge in [0.2, 0.25) is 0 Å². The van der Waals surface area contributed by atoms with E-state index in [1.165, 1.54) is 6.92 Å². The van der Waals surface area contributed by atoms with Gasteiger partial charge in [-0.3, -0.25) is 14.9 Å². The molecule has 1 aliphatic heterocycles. The van der Waals surface area contributed by atoms with E-state index in [2.05, 4.69) is 5.32 Å². The Bertz CT molecular complexity index is 460. The molecule has 96 valence electrons. The van der Waals surface area contributed by atoms with Crippen molar-refractivity contribution >= 4 is 23.7 Å². The van der Waals surface area contributed by atoms with Gasteiger partial charge in [0.1, 0.15) is 11.8 Å². The summed E-state index contributed by atoms with van der Waals surface area (Å²) in [4.78, 5) is 21.6. The van der Waals surface area contributed by atoms with Gasteiger partial charge in [-0.15, -0.1) is 11.8 Å². The second kappa shape index (κ2) is 5.41. The molecule has 0 bridgehead atoms. The highest BCUT2D eigenvalue weighted by molar-refractivity contribution is 7.99. The number of thioether (sulfide) groups is 1. The van der Waals surface area contributed by atoms with Gasteiger partial charge in [-0.05, 0) is 17.7 Å². The fourth-order valence-corrected chi connectivity index (χ4v) is 2.92. The number of aliphatic carboxylic acids is 1. The van der Waals surface area contributed by atoms with Crippen molar-refractivity contribution in [3.05, 3.63) is 29.8 Å². The van der Waals surface area contributed by atoms with Gasteiger partial charge >= 0.3 is 11.9 Å². The van der Waals surface area contributed by atoms with Crippen molar-refractivity contribution in [2.24, 2.45) is 0 Å². The minimum atomic E-state index is -0.832. The molecule has 1 saturated heterocycles. The van der Waals surface area contributed by atoms with Gasteiger partial charge in [0, 0.05) is 12.7 Å². The monoisotopic (exact) mass is 267 g/mol. The molecule has 18 heavy (non-hydrogen) atoms. The first kappa shape index (κ1) is 12.9. The van der Waals surface area contributed by atoms with Crippen molar-refractivity contribution in [3.63, 3.8) is 0 Å². The number of hydrogen-bond donors (Lipinski definition) is 2. The predicted octanol–water partition coefficient (Wildman–Crippen LogP) is 1.40. The Morgan fingerprint density at radius 1 is 1.39 bits per heavy atom. The van der Waals surface area contributed by atoms with E-state index in [-0.39, 0.29) is 11.3 Å². The number of carbonyl (C=O) groups is 2. The Hall–Kier alpha value is -1.53. The van der Waals surface area contributed by atoms with Gasteiger partial charge in [0.05, 0.1) is 5.37 Å². The van der Waals surface area contributed by atoms with Crippen LogP contribution in [0.3, 0.4) is 0 Å². The van der Waals surface area contributed by atoms with Crippen LogP contribution in [0.5, 0.6) is 5.75 Å². The molecule has 1 fully saturated rings. The molecule has 0 aromatic heterocycles. The summed E-state index contributed by atoms with van der Waals surface area (Å²) in [5, 5.41) is 11.9. The van der Waals surface area contributed by atoms with Crippen molar-refractivity contribution in [1.82, 2.24) is 5.32 Å². The summed E-state index contributed by atoms with van der Waals surface area (Å²) in [5.41, 5.74) is 0.972. The van der Waals surface area contributed by atoms with E-state index < -0.39 is 12.0 Å². The molecule has 1 heterocycles. The average Bonchev–Trinajstić information content (AvgIpc) is 2.78. The Balaban J connectivity index is 2.02. The molecule has 6 heteroatoms. The molecule has 1 aromatic rings. The van der Waals surface area contributed by atoms with E-state index in [4.69, 9.17) is 9.84 Å². The third kappa shape index (κ3) is 3.02. The first-order valence-electron chi connectivity index (χ1n) is 5.45. The second-order valence-corrected chi connectivity index (χ2v) is 5.07. The highest BCUT2D eigenvalue weighted by Gasteiger charge is 2.30. The number of carbonyl (C=O) groups excluding carboxylic acids is 1. The summed E-state index contributed by atoms with van der Waals surface area (Å²) >= 11 is 1.55. The lowest BCUT2D eigenvalue weighted by Gasteiger charge is -2.11. The summed E-state index contributed by atoms with van der Waals surface area (Å²) in [6.45, 7) is 1.35. The Kier molecular flexibility index (Phi) is 3.88. The second-order valence-electron chi connectivity index (χ2n) is 3.93. The van der Waals surface area contributed by atoms with Gasteiger partial charge in [0.25, 0.3) is 0 Å². The van der Waals surface area contributed by atoms with Gasteiger partial charge in [-0.25, -0.2) is 0 Å². The summed E-state index contributed by atoms with van der Waals surface area (Å²) in [7, 11) is 0. The van der Waals surface area contributed by atoms with Crippen LogP contribution in [0.2, 0.25) is 0 Å². The zero-order valence-corrected chi connectivity index (χ0v) is 10.6. The van der Waals surface area contributed by atoms with Crippen LogP contribution in [0.25, 0.3) is 0 Å². The topological polar surface area (TPSA) is 75.6 Å². The Morgan fingerprint density at radius 2 is 2.06 bits per heavy atom. The summed E-state index contributed by atoms with van der Waals surface area (Å²) in [6.07, 6.45) is 0. The highest BCUT2D eigenvalue weighted by Crippen LogP contribution is 2.33. The number of ether oxygens (including phenoxy) is 1. The van der Waals surface area contributed by atoms with Crippen molar-refractivity contribution in [2.75, 3.05) is 5.75 Å². The molecule has 2 rings (SSSR count). The third-order valence-electron chi connectivity index (χ3n) is 2.52. The number of carboxylic acid groups (broad SMARTS) is 1. The number of hydrogen-bond acceptors (Lipinski definition) is 5. The highest BCUT2D eigenvalue weighted by atomic mass is 32.2. The number of carboxylic acids is 1. The van der Waals surface area contributed by atoms with E-state index in [0.29, 0.717) is 11.5 Å². The molecule has 0 aliphatic carbocycles. The van der Waals surface area contributed by atoms with Crippen molar-refractivity contribution in [3.8, 4) is 5.75 Å². The zero-order chi connectivity index (χ0) is 13.1. The molecular weight excluding hydrogens is 254 g/mol. The maximum atomic E-state index is 10.8. The van der Waals surface area contributed by atoms with E-state index in [9.17, 15) is 9.59 Å². The summed E-state index contributed by atoms with van der Waals surface area (Å²) < 4.78 is 4.93. The molecular formula is C12H13NO4S. The van der Waals surface area contributed by atoms with E-state index in [0.717, 1.165) is 5.56 Å². The quantitative estimate of drug-likeness (QED) is 0.637. The fraction of sp³-hybridized carbons (Fsp3) is 0.333. The normalized spacial score (nSPS) is 22.7. The van der Waals surface area contributed by atoms with Crippen molar-refractivity contribution in [2.45, 2.75) is 18.3 Å². The van der Waals surface area contributed by atoms with Crippen LogP contribution in [-0.2, 0) is 9.59 Å². The molecule has 1 aromatic carbocycles. The molecule has 0 spiro atoms. The van der Waals surface area contributed by atoms with Crippen LogP contribution in [0, 0.1) is 0 Å². The molecule has 0 saturated carbocycles. The standard InChI is InChI=1S/C12H13NO4S/c1-7(14)17-9-4-2-8(3-5-9)11-13-10(6-18-11)12(15)16/h2-5,10-11,13H,6H2,1H3,(H,15,16)/t10-,11+/m1/s1. The molecule has 2 N–H and O–H groups in total. The van der Waals surface area contributed by atoms with Crippen LogP contribution in [0.1, 0.15) is 17.9 Å². The Morgan fingerprint density at radius 3 is 2.56 bits per heavy atom. The lowest BCUT2D eigenvalue weighted by Crippen LogP contribution is -2.33. The zero-order valence-electron chi connectivity index (χ0n) is 9.75. The summed E-state index contributed by atoms with van der Waals surface area (Å²) in [5.74, 6) is -0.154. The first-order chi connectivity index (χ1) is 8.56. The largest absolute Gasteiger partial charge is 0.480 e. The Labute approximate surface area is 109 Å². The minimum absolute atomic E-state index is 0.0301. The van der Waals surface area contributed by atoms with Crippen LogP contribution in [-0.4, -0.2) is 28.8 Å². The number of rotatable bonds is 3. The fourth-order valence-electron chi connectivity index (χ4n) is 1.68. The number of nitrogens with one attached hydrogen (secondary N) is 1. The molecule has 1 aliphatic rings. The molecule has 0 radical (unpaired) electrons. The van der Waals surface area contributed by atoms with Crippen LogP contribution < -0.4 is 10.1 Å². The van der Waals surface area contributed by atoms with Gasteiger partial charge in [-0.2, -0.15) is 0 Å². The molecule has 2 atom stereocenters. The van der Waals surface area contributed by atoms with Gasteiger partial charge in [-0.1, -0.05) is 12.1 Å². The maximum Gasteiger partial charge on any atom is 0.321 e. The van der Waals surface area contributed by atoms with Crippen LogP contribution >= 0.6 is 11.8 Å². The van der Waals surface area contributed by atoms with Crippen molar-refractivity contribution in [1.29, 1.82) is 0 Å². The first-order valence-corrected chi connectivity index (χ1v) is 6.50.